The highest BCUT2D eigenvalue weighted by atomic mass is 16.6. The highest BCUT2D eigenvalue weighted by molar-refractivity contribution is 6.16. The van der Waals surface area contributed by atoms with Crippen molar-refractivity contribution < 1.29 is 14.4 Å². The Morgan fingerprint density at radius 2 is 2.00 bits per heavy atom. The third-order valence-electron chi connectivity index (χ3n) is 2.47. The Kier molecular flexibility index (Phi) is 5.79. The molecule has 1 aromatic rings. The fourth-order valence-electron chi connectivity index (χ4n) is 1.63. The molecule has 0 aromatic heterocycles. The van der Waals surface area contributed by atoms with E-state index in [4.69, 9.17) is 9.57 Å². The van der Waals surface area contributed by atoms with Crippen molar-refractivity contribution in [2.75, 3.05) is 7.11 Å². The molecule has 0 aliphatic carbocycles. The van der Waals surface area contributed by atoms with E-state index in [1.807, 2.05) is 38.1 Å². The van der Waals surface area contributed by atoms with Gasteiger partial charge in [0.15, 0.2) is 0 Å². The molecule has 0 spiro atoms. The summed E-state index contributed by atoms with van der Waals surface area (Å²) in [6, 6.07) is 7.55. The molecule has 4 nitrogen and oxygen atoms in total. The van der Waals surface area contributed by atoms with Crippen LogP contribution in [0.25, 0.3) is 5.57 Å². The van der Waals surface area contributed by atoms with Gasteiger partial charge >= 0.3 is 5.97 Å². The first-order valence-electron chi connectivity index (χ1n) is 6.06. The lowest BCUT2D eigenvalue weighted by molar-refractivity contribution is -0.133. The van der Waals surface area contributed by atoms with Crippen LogP contribution in [0.5, 0.6) is 0 Å². The predicted molar refractivity (Wildman–Crippen MR) is 75.7 cm³/mol. The molecule has 0 fully saturated rings. The van der Waals surface area contributed by atoms with Crippen LogP contribution in [0.2, 0.25) is 0 Å². The Balaban J connectivity index is 3.01. The third kappa shape index (κ3) is 4.25. The van der Waals surface area contributed by atoms with Crippen molar-refractivity contribution in [3.8, 4) is 0 Å². The van der Waals surface area contributed by atoms with Crippen LogP contribution in [0.1, 0.15) is 31.9 Å². The van der Waals surface area contributed by atoms with Crippen LogP contribution in [0.4, 0.5) is 0 Å². The molecule has 19 heavy (non-hydrogen) atoms. The molecule has 102 valence electrons. The quantitative estimate of drug-likeness (QED) is 0.354. The van der Waals surface area contributed by atoms with E-state index in [1.54, 1.807) is 13.0 Å². The minimum atomic E-state index is -0.356. The standard InChI is InChI=1S/C15H19NO3/c1-5-13(15(17)18-4)14-9-7-6-8-12(14)10-19-16-11(2)3/h5-9H,10H2,1-4H3/b13-5+. The van der Waals surface area contributed by atoms with Crippen LogP contribution in [0.15, 0.2) is 35.5 Å². The number of methoxy groups -OCH3 is 1. The van der Waals surface area contributed by atoms with Crippen molar-refractivity contribution in [1.29, 1.82) is 0 Å². The van der Waals surface area contributed by atoms with Gasteiger partial charge < -0.3 is 9.57 Å². The van der Waals surface area contributed by atoms with Gasteiger partial charge in [0.2, 0.25) is 0 Å². The molecular formula is C15H19NO3. The van der Waals surface area contributed by atoms with E-state index in [-0.39, 0.29) is 5.97 Å². The number of benzene rings is 1. The molecule has 0 aliphatic rings. The lowest BCUT2D eigenvalue weighted by Gasteiger charge is -2.10. The number of allylic oxidation sites excluding steroid dienone is 1. The molecule has 0 atom stereocenters. The van der Waals surface area contributed by atoms with Gasteiger partial charge in [0.05, 0.1) is 18.4 Å². The average Bonchev–Trinajstić information content (AvgIpc) is 2.40. The second-order valence-corrected chi connectivity index (χ2v) is 4.16. The number of carbonyl (C=O) groups excluding carboxylic acids is 1. The molecule has 4 heteroatoms. The number of rotatable bonds is 5. The zero-order valence-corrected chi connectivity index (χ0v) is 11.8. The van der Waals surface area contributed by atoms with Gasteiger partial charge in [0.1, 0.15) is 6.61 Å². The van der Waals surface area contributed by atoms with E-state index < -0.39 is 0 Å². The molecular weight excluding hydrogens is 242 g/mol. The summed E-state index contributed by atoms with van der Waals surface area (Å²) in [6.45, 7) is 5.84. The fraction of sp³-hybridized carbons (Fsp3) is 0.333. The maximum absolute atomic E-state index is 11.7. The van der Waals surface area contributed by atoms with Crippen LogP contribution in [-0.4, -0.2) is 18.8 Å². The second kappa shape index (κ2) is 7.36. The molecule has 0 amide bonds. The van der Waals surface area contributed by atoms with Crippen molar-refractivity contribution in [1.82, 2.24) is 0 Å². The molecule has 1 rings (SSSR count). The molecule has 1 aromatic carbocycles. The van der Waals surface area contributed by atoms with Crippen LogP contribution in [-0.2, 0) is 21.0 Å². The molecule has 0 N–H and O–H groups in total. The molecule has 0 unspecified atom stereocenters. The second-order valence-electron chi connectivity index (χ2n) is 4.16. The van der Waals surface area contributed by atoms with E-state index in [0.29, 0.717) is 12.2 Å². The number of hydrogen-bond acceptors (Lipinski definition) is 4. The van der Waals surface area contributed by atoms with Crippen LogP contribution in [0, 0.1) is 0 Å². The number of esters is 1. The van der Waals surface area contributed by atoms with E-state index in [9.17, 15) is 4.79 Å². The monoisotopic (exact) mass is 261 g/mol. The molecule has 0 saturated heterocycles. The van der Waals surface area contributed by atoms with E-state index >= 15 is 0 Å². The van der Waals surface area contributed by atoms with Gasteiger partial charge in [-0.1, -0.05) is 35.5 Å². The van der Waals surface area contributed by atoms with Crippen LogP contribution in [0.3, 0.4) is 0 Å². The topological polar surface area (TPSA) is 47.9 Å². The molecule has 0 bridgehead atoms. The summed E-state index contributed by atoms with van der Waals surface area (Å²) in [5.74, 6) is -0.356. The van der Waals surface area contributed by atoms with Gasteiger partial charge in [-0.25, -0.2) is 4.79 Å². The molecule has 0 aliphatic heterocycles. The zero-order valence-electron chi connectivity index (χ0n) is 11.8. The van der Waals surface area contributed by atoms with Gasteiger partial charge in [-0.2, -0.15) is 0 Å². The Morgan fingerprint density at radius 3 is 2.58 bits per heavy atom. The lowest BCUT2D eigenvalue weighted by atomic mass is 10.00. The Labute approximate surface area is 113 Å². The summed E-state index contributed by atoms with van der Waals surface area (Å²) >= 11 is 0. The van der Waals surface area contributed by atoms with Crippen LogP contribution >= 0.6 is 0 Å². The van der Waals surface area contributed by atoms with Gasteiger partial charge in [-0.15, -0.1) is 0 Å². The van der Waals surface area contributed by atoms with Crippen molar-refractivity contribution in [2.45, 2.75) is 27.4 Å². The minimum Gasteiger partial charge on any atom is -0.465 e. The Bertz CT molecular complexity index is 500. The van der Waals surface area contributed by atoms with Crippen molar-refractivity contribution in [3.05, 3.63) is 41.5 Å². The fourth-order valence-corrected chi connectivity index (χ4v) is 1.63. The maximum Gasteiger partial charge on any atom is 0.338 e. The first-order valence-corrected chi connectivity index (χ1v) is 6.06. The number of nitrogens with zero attached hydrogens (tertiary/aromatic N) is 1. The number of hydrogen-bond donors (Lipinski definition) is 0. The van der Waals surface area contributed by atoms with Crippen LogP contribution < -0.4 is 0 Å². The van der Waals surface area contributed by atoms with Crippen molar-refractivity contribution >= 4 is 17.3 Å². The van der Waals surface area contributed by atoms with Crippen molar-refractivity contribution in [3.63, 3.8) is 0 Å². The average molecular weight is 261 g/mol. The first-order chi connectivity index (χ1) is 9.10. The van der Waals surface area contributed by atoms with Gasteiger partial charge in [-0.3, -0.25) is 0 Å². The Hall–Kier alpha value is -2.10. The van der Waals surface area contributed by atoms with Crippen molar-refractivity contribution in [2.24, 2.45) is 5.16 Å². The summed E-state index contributed by atoms with van der Waals surface area (Å²) in [5.41, 5.74) is 3.07. The zero-order chi connectivity index (χ0) is 14.3. The lowest BCUT2D eigenvalue weighted by Crippen LogP contribution is -2.06. The molecule has 0 saturated carbocycles. The predicted octanol–water partition coefficient (Wildman–Crippen LogP) is 3.18. The summed E-state index contributed by atoms with van der Waals surface area (Å²) < 4.78 is 4.78. The van der Waals surface area contributed by atoms with E-state index in [0.717, 1.165) is 16.8 Å². The number of oxime groups is 1. The summed E-state index contributed by atoms with van der Waals surface area (Å²) in [5, 5.41) is 3.89. The normalized spacial score (nSPS) is 10.8. The summed E-state index contributed by atoms with van der Waals surface area (Å²) in [7, 11) is 1.37. The highest BCUT2D eigenvalue weighted by Gasteiger charge is 2.14. The largest absolute Gasteiger partial charge is 0.465 e. The maximum atomic E-state index is 11.7. The number of carbonyl (C=O) groups is 1. The minimum absolute atomic E-state index is 0.315. The third-order valence-corrected chi connectivity index (χ3v) is 2.47. The molecule has 0 radical (unpaired) electrons. The first kappa shape index (κ1) is 15.0. The smallest absolute Gasteiger partial charge is 0.338 e. The summed E-state index contributed by atoms with van der Waals surface area (Å²) in [6.07, 6.45) is 1.74. The van der Waals surface area contributed by atoms with Gasteiger partial charge in [0, 0.05) is 5.56 Å². The summed E-state index contributed by atoms with van der Waals surface area (Å²) in [4.78, 5) is 17.0. The number of ether oxygens (including phenoxy) is 1. The Morgan fingerprint density at radius 1 is 1.32 bits per heavy atom. The van der Waals surface area contributed by atoms with E-state index in [1.165, 1.54) is 7.11 Å². The highest BCUT2D eigenvalue weighted by Crippen LogP contribution is 2.21. The SMILES string of the molecule is C/C=C(/C(=O)OC)c1ccccc1CON=C(C)C. The van der Waals surface area contributed by atoms with E-state index in [2.05, 4.69) is 5.16 Å². The van der Waals surface area contributed by atoms with Gasteiger partial charge in [0.25, 0.3) is 0 Å². The molecule has 0 heterocycles. The van der Waals surface area contributed by atoms with Gasteiger partial charge in [-0.05, 0) is 26.3 Å².